The van der Waals surface area contributed by atoms with Gasteiger partial charge in [0.1, 0.15) is 0 Å². The van der Waals surface area contributed by atoms with Crippen molar-refractivity contribution >= 4 is 66.4 Å². The fourth-order valence-electron chi connectivity index (χ4n) is 1.71. The molecule has 0 saturated heterocycles. The van der Waals surface area contributed by atoms with E-state index >= 15 is 0 Å². The van der Waals surface area contributed by atoms with Gasteiger partial charge in [0.15, 0.2) is 0 Å². The summed E-state index contributed by atoms with van der Waals surface area (Å²) in [5, 5.41) is 0. The summed E-state index contributed by atoms with van der Waals surface area (Å²) in [6.07, 6.45) is 0. The Hall–Kier alpha value is 0.699. The van der Waals surface area contributed by atoms with Gasteiger partial charge in [-0.05, 0) is 0 Å². The Labute approximate surface area is 111 Å². The predicted molar refractivity (Wildman–Crippen MR) is 69.6 cm³/mol. The van der Waals surface area contributed by atoms with Gasteiger partial charge in [-0.2, -0.15) is 0 Å². The second-order valence-corrected chi connectivity index (χ2v) is 9.46. The van der Waals surface area contributed by atoms with E-state index < -0.39 is 0 Å². The molecule has 0 nitrogen and oxygen atoms in total. The van der Waals surface area contributed by atoms with Gasteiger partial charge < -0.3 is 0 Å². The number of hydrogen-bond donors (Lipinski definition) is 0. The van der Waals surface area contributed by atoms with Crippen molar-refractivity contribution in [2.24, 2.45) is 0 Å². The van der Waals surface area contributed by atoms with Crippen LogP contribution >= 0.6 is 31.9 Å². The van der Waals surface area contributed by atoms with E-state index in [-0.39, 0.29) is 0 Å². The minimum absolute atomic E-state index is 0.570. The zero-order valence-corrected chi connectivity index (χ0v) is 13.5. The first kappa shape index (κ1) is 9.89. The molecule has 0 spiro atoms. The first-order valence-electron chi connectivity index (χ1n) is 4.00. The summed E-state index contributed by atoms with van der Waals surface area (Å²) in [7, 11) is 0. The SMILES string of the molecule is BrC(Br)=C1c2cc[se]c2-c2[se]ccc21. The molecule has 0 N–H and O–H groups in total. The number of hydrogen-bond acceptors (Lipinski definition) is 0. The molecule has 0 aromatic carbocycles. The Bertz CT molecular complexity index is 488. The Morgan fingerprint density at radius 2 is 1.43 bits per heavy atom. The molecular formula is C10H4Br2Se2. The van der Waals surface area contributed by atoms with Crippen LogP contribution in [0, 0.1) is 0 Å². The van der Waals surface area contributed by atoms with Crippen molar-refractivity contribution in [1.29, 1.82) is 0 Å². The molecule has 0 saturated carbocycles. The summed E-state index contributed by atoms with van der Waals surface area (Å²) >= 11 is 8.24. The van der Waals surface area contributed by atoms with Gasteiger partial charge in [-0.3, -0.25) is 0 Å². The zero-order chi connectivity index (χ0) is 9.71. The summed E-state index contributed by atoms with van der Waals surface area (Å²) in [6, 6.07) is 4.55. The molecule has 0 aliphatic heterocycles. The second kappa shape index (κ2) is 3.62. The van der Waals surface area contributed by atoms with Gasteiger partial charge in [0, 0.05) is 0 Å². The molecule has 0 radical (unpaired) electrons. The van der Waals surface area contributed by atoms with Gasteiger partial charge in [-0.15, -0.1) is 0 Å². The van der Waals surface area contributed by atoms with Crippen molar-refractivity contribution < 1.29 is 0 Å². The van der Waals surface area contributed by atoms with E-state index in [4.69, 9.17) is 0 Å². The molecule has 2 heterocycles. The molecule has 0 atom stereocenters. The van der Waals surface area contributed by atoms with Crippen LogP contribution in [-0.2, 0) is 0 Å². The maximum absolute atomic E-state index is 3.55. The number of rotatable bonds is 0. The van der Waals surface area contributed by atoms with Gasteiger partial charge in [0.05, 0.1) is 0 Å². The molecule has 0 amide bonds. The fourth-order valence-corrected chi connectivity index (χ4v) is 7.20. The standard InChI is InChI=1S/C10H4Br2Se2/c11-10(12)7-5-1-3-13-8(5)9-6(7)2-4-14-9/h1-4H. The van der Waals surface area contributed by atoms with E-state index in [0.717, 1.165) is 3.39 Å². The molecular weight excluding hydrogens is 438 g/mol. The summed E-state index contributed by atoms with van der Waals surface area (Å²) < 4.78 is 4.32. The molecule has 0 fully saturated rings. The van der Waals surface area contributed by atoms with Crippen molar-refractivity contribution in [1.82, 2.24) is 0 Å². The van der Waals surface area contributed by atoms with Crippen LogP contribution in [0.15, 0.2) is 25.4 Å². The molecule has 2 aromatic rings. The van der Waals surface area contributed by atoms with Crippen molar-refractivity contribution in [3.05, 3.63) is 36.5 Å². The van der Waals surface area contributed by atoms with Crippen molar-refractivity contribution in [3.63, 3.8) is 0 Å². The molecule has 0 bridgehead atoms. The van der Waals surface area contributed by atoms with Crippen LogP contribution in [0.2, 0.25) is 0 Å². The van der Waals surface area contributed by atoms with Crippen LogP contribution in [0.5, 0.6) is 0 Å². The van der Waals surface area contributed by atoms with E-state index in [9.17, 15) is 0 Å². The molecule has 1 aliphatic rings. The van der Waals surface area contributed by atoms with Gasteiger partial charge >= 0.3 is 112 Å². The molecule has 1 aliphatic carbocycles. The average molecular weight is 442 g/mol. The summed E-state index contributed by atoms with van der Waals surface area (Å²) in [5.41, 5.74) is 4.26. The van der Waals surface area contributed by atoms with Crippen LogP contribution in [0.3, 0.4) is 0 Å². The topological polar surface area (TPSA) is 0 Å². The number of halogens is 2. The first-order chi connectivity index (χ1) is 6.79. The molecule has 70 valence electrons. The fraction of sp³-hybridized carbons (Fsp3) is 0. The van der Waals surface area contributed by atoms with E-state index in [0.29, 0.717) is 29.0 Å². The van der Waals surface area contributed by atoms with E-state index in [2.05, 4.69) is 53.9 Å². The third-order valence-electron chi connectivity index (χ3n) is 2.26. The Morgan fingerprint density at radius 3 is 1.86 bits per heavy atom. The van der Waals surface area contributed by atoms with Crippen LogP contribution in [0.4, 0.5) is 0 Å². The molecule has 2 aromatic heterocycles. The number of fused-ring (bicyclic) bond motifs is 3. The van der Waals surface area contributed by atoms with Gasteiger partial charge in [0.25, 0.3) is 0 Å². The Kier molecular flexibility index (Phi) is 2.56. The van der Waals surface area contributed by atoms with Gasteiger partial charge in [-0.1, -0.05) is 0 Å². The molecule has 3 rings (SSSR count). The normalized spacial score (nSPS) is 12.9. The van der Waals surface area contributed by atoms with Crippen LogP contribution in [0.25, 0.3) is 14.4 Å². The maximum atomic E-state index is 3.55. The average Bonchev–Trinajstić information content (AvgIpc) is 2.70. The Morgan fingerprint density at radius 1 is 0.929 bits per heavy atom. The zero-order valence-electron chi connectivity index (χ0n) is 6.88. The third-order valence-corrected chi connectivity index (χ3v) is 7.62. The second-order valence-electron chi connectivity index (χ2n) is 2.96. The molecule has 0 unspecified atom stereocenters. The minimum atomic E-state index is 0.570. The summed E-state index contributed by atoms with van der Waals surface area (Å²) in [6.45, 7) is 0. The quantitative estimate of drug-likeness (QED) is 0.470. The van der Waals surface area contributed by atoms with Crippen molar-refractivity contribution in [2.45, 2.75) is 0 Å². The summed E-state index contributed by atoms with van der Waals surface area (Å²) in [5.74, 6) is 0. The van der Waals surface area contributed by atoms with Gasteiger partial charge in [0.2, 0.25) is 0 Å². The van der Waals surface area contributed by atoms with Crippen LogP contribution < -0.4 is 0 Å². The van der Waals surface area contributed by atoms with E-state index in [1.54, 1.807) is 8.87 Å². The van der Waals surface area contributed by atoms with Crippen molar-refractivity contribution in [3.8, 4) is 8.87 Å². The van der Waals surface area contributed by atoms with E-state index in [1.165, 1.54) is 16.7 Å². The van der Waals surface area contributed by atoms with Gasteiger partial charge in [-0.25, -0.2) is 0 Å². The van der Waals surface area contributed by atoms with E-state index in [1.807, 2.05) is 0 Å². The van der Waals surface area contributed by atoms with Crippen molar-refractivity contribution in [2.75, 3.05) is 0 Å². The molecule has 4 heteroatoms. The third kappa shape index (κ3) is 1.29. The summed E-state index contributed by atoms with van der Waals surface area (Å²) in [4.78, 5) is 4.64. The van der Waals surface area contributed by atoms with Crippen LogP contribution in [0.1, 0.15) is 11.1 Å². The molecule has 14 heavy (non-hydrogen) atoms. The first-order valence-corrected chi connectivity index (χ1v) is 9.28. The predicted octanol–water partition coefficient (Wildman–Crippen LogP) is 3.29. The van der Waals surface area contributed by atoms with Crippen LogP contribution in [-0.4, -0.2) is 29.0 Å². The Balaban J connectivity index is 2.44. The monoisotopic (exact) mass is 442 g/mol.